The molecule has 4 rings (SSSR count). The highest BCUT2D eigenvalue weighted by Gasteiger charge is 2.13. The largest absolute Gasteiger partial charge is 0.321 e. The number of nitrogens with one attached hydrogen (secondary N) is 1. The van der Waals surface area contributed by atoms with Gasteiger partial charge in [-0.25, -0.2) is 4.68 Å². The van der Waals surface area contributed by atoms with Gasteiger partial charge in [-0.3, -0.25) is 14.2 Å². The van der Waals surface area contributed by atoms with Crippen LogP contribution in [0.5, 0.6) is 0 Å². The quantitative estimate of drug-likeness (QED) is 0.449. The van der Waals surface area contributed by atoms with Crippen molar-refractivity contribution in [2.75, 3.05) is 5.32 Å². The summed E-state index contributed by atoms with van der Waals surface area (Å²) in [5, 5.41) is 16.3. The van der Waals surface area contributed by atoms with Crippen LogP contribution in [0.1, 0.15) is 38.8 Å². The van der Waals surface area contributed by atoms with Crippen molar-refractivity contribution in [1.82, 2.24) is 29.3 Å². The van der Waals surface area contributed by atoms with Gasteiger partial charge in [0.1, 0.15) is 6.67 Å². The highest BCUT2D eigenvalue weighted by Crippen LogP contribution is 2.20. The number of benzene rings is 1. The zero-order valence-corrected chi connectivity index (χ0v) is 19.5. The second-order valence-corrected chi connectivity index (χ2v) is 8.40. The molecule has 3 heterocycles. The van der Waals surface area contributed by atoms with Crippen LogP contribution in [-0.4, -0.2) is 35.2 Å². The van der Waals surface area contributed by atoms with Crippen molar-refractivity contribution >= 4 is 27.5 Å². The van der Waals surface area contributed by atoms with Gasteiger partial charge in [0.15, 0.2) is 5.69 Å². The van der Waals surface area contributed by atoms with Crippen molar-refractivity contribution in [1.29, 1.82) is 0 Å². The topological polar surface area (TPSA) is 82.6 Å². The highest BCUT2D eigenvalue weighted by molar-refractivity contribution is 9.10. The summed E-state index contributed by atoms with van der Waals surface area (Å²) in [4.78, 5) is 12.7. The normalized spacial score (nSPS) is 11.1. The van der Waals surface area contributed by atoms with Crippen LogP contribution in [0.3, 0.4) is 0 Å². The second kappa shape index (κ2) is 8.50. The molecule has 8 nitrogen and oxygen atoms in total. The van der Waals surface area contributed by atoms with E-state index in [4.69, 9.17) is 0 Å². The molecule has 1 N–H and O–H groups in total. The minimum Gasteiger partial charge on any atom is -0.321 e. The Labute approximate surface area is 189 Å². The lowest BCUT2D eigenvalue weighted by Crippen LogP contribution is -2.16. The van der Waals surface area contributed by atoms with Crippen LogP contribution >= 0.6 is 15.9 Å². The van der Waals surface area contributed by atoms with Crippen LogP contribution in [0, 0.1) is 27.7 Å². The summed E-state index contributed by atoms with van der Waals surface area (Å²) in [6.07, 6.45) is 1.78. The number of rotatable bonds is 6. The smallest absolute Gasteiger partial charge is 0.276 e. The van der Waals surface area contributed by atoms with Gasteiger partial charge in [0.2, 0.25) is 0 Å². The standard InChI is InChI=1S/C22H24BrN7O/c1-14-10-15(2)29(25-14)12-18-6-5-7-19(11-18)24-22(31)20-8-9-28(27-20)13-30-17(4)21(23)16(3)26-30/h5-11H,12-13H2,1-4H3,(H,24,31). The summed E-state index contributed by atoms with van der Waals surface area (Å²) in [6.45, 7) is 9.03. The summed E-state index contributed by atoms with van der Waals surface area (Å²) in [7, 11) is 0. The van der Waals surface area contributed by atoms with Crippen molar-refractivity contribution in [3.63, 3.8) is 0 Å². The third kappa shape index (κ3) is 4.61. The average Bonchev–Trinajstić information content (AvgIpc) is 3.38. The van der Waals surface area contributed by atoms with E-state index in [0.717, 1.165) is 38.5 Å². The van der Waals surface area contributed by atoms with E-state index < -0.39 is 0 Å². The zero-order chi connectivity index (χ0) is 22.1. The Morgan fingerprint density at radius 1 is 1.03 bits per heavy atom. The van der Waals surface area contributed by atoms with E-state index in [-0.39, 0.29) is 5.91 Å². The van der Waals surface area contributed by atoms with Crippen LogP contribution in [0.15, 0.2) is 47.1 Å². The Hall–Kier alpha value is -3.20. The van der Waals surface area contributed by atoms with Gasteiger partial charge in [-0.2, -0.15) is 15.3 Å². The predicted molar refractivity (Wildman–Crippen MR) is 122 cm³/mol. The zero-order valence-electron chi connectivity index (χ0n) is 17.9. The summed E-state index contributed by atoms with van der Waals surface area (Å²) >= 11 is 3.53. The summed E-state index contributed by atoms with van der Waals surface area (Å²) in [5.74, 6) is -0.253. The van der Waals surface area contributed by atoms with E-state index in [2.05, 4.69) is 36.5 Å². The van der Waals surface area contributed by atoms with Gasteiger partial charge in [0, 0.05) is 17.6 Å². The van der Waals surface area contributed by atoms with Crippen LogP contribution < -0.4 is 5.32 Å². The Morgan fingerprint density at radius 2 is 1.84 bits per heavy atom. The number of aryl methyl sites for hydroxylation is 3. The molecule has 0 fully saturated rings. The van der Waals surface area contributed by atoms with Crippen molar-refractivity contribution in [2.45, 2.75) is 40.9 Å². The number of aromatic nitrogens is 6. The van der Waals surface area contributed by atoms with E-state index in [9.17, 15) is 4.79 Å². The van der Waals surface area contributed by atoms with Crippen molar-refractivity contribution in [3.05, 3.63) is 81.1 Å². The maximum atomic E-state index is 12.7. The number of hydrogen-bond acceptors (Lipinski definition) is 4. The van der Waals surface area contributed by atoms with Crippen LogP contribution in [0.4, 0.5) is 5.69 Å². The predicted octanol–water partition coefficient (Wildman–Crippen LogP) is 4.08. The molecule has 0 unspecified atom stereocenters. The first-order chi connectivity index (χ1) is 14.8. The van der Waals surface area contributed by atoms with E-state index in [1.165, 1.54) is 0 Å². The maximum absolute atomic E-state index is 12.7. The fraction of sp³-hybridized carbons (Fsp3) is 0.273. The second-order valence-electron chi connectivity index (χ2n) is 7.61. The Bertz CT molecular complexity index is 1250. The molecule has 0 bridgehead atoms. The summed E-state index contributed by atoms with van der Waals surface area (Å²) in [6, 6.07) is 11.5. The third-order valence-electron chi connectivity index (χ3n) is 5.07. The molecule has 4 aromatic rings. The minimum absolute atomic E-state index is 0.253. The Balaban J connectivity index is 1.44. The van der Waals surface area contributed by atoms with E-state index >= 15 is 0 Å². The molecule has 0 aliphatic rings. The fourth-order valence-electron chi connectivity index (χ4n) is 3.46. The number of anilines is 1. The molecule has 3 aromatic heterocycles. The number of amides is 1. The molecular formula is C22H24BrN7O. The first-order valence-electron chi connectivity index (χ1n) is 9.94. The summed E-state index contributed by atoms with van der Waals surface area (Å²) in [5.41, 5.74) is 6.16. The van der Waals surface area contributed by atoms with Gasteiger partial charge in [-0.15, -0.1) is 0 Å². The van der Waals surface area contributed by atoms with Crippen molar-refractivity contribution in [2.24, 2.45) is 0 Å². The molecule has 0 saturated carbocycles. The van der Waals surface area contributed by atoms with E-state index in [1.807, 2.05) is 67.4 Å². The van der Waals surface area contributed by atoms with Crippen LogP contribution in [0.2, 0.25) is 0 Å². The maximum Gasteiger partial charge on any atom is 0.276 e. The Morgan fingerprint density at radius 3 is 2.52 bits per heavy atom. The molecule has 0 spiro atoms. The fourth-order valence-corrected chi connectivity index (χ4v) is 3.75. The molecule has 9 heteroatoms. The average molecular weight is 482 g/mol. The van der Waals surface area contributed by atoms with Gasteiger partial charge in [0.25, 0.3) is 5.91 Å². The van der Waals surface area contributed by atoms with Crippen LogP contribution in [-0.2, 0) is 13.2 Å². The van der Waals surface area contributed by atoms with Crippen molar-refractivity contribution < 1.29 is 4.79 Å². The molecule has 0 radical (unpaired) electrons. The van der Waals surface area contributed by atoms with E-state index in [0.29, 0.717) is 18.9 Å². The molecule has 0 aliphatic carbocycles. The monoisotopic (exact) mass is 481 g/mol. The van der Waals surface area contributed by atoms with Gasteiger partial charge < -0.3 is 5.32 Å². The SMILES string of the molecule is Cc1cc(C)n(Cc2cccc(NC(=O)c3ccn(Cn4nc(C)c(Br)c4C)n3)c2)n1. The molecular weight excluding hydrogens is 458 g/mol. The van der Waals surface area contributed by atoms with Gasteiger partial charge in [-0.1, -0.05) is 12.1 Å². The first-order valence-corrected chi connectivity index (χ1v) is 10.7. The lowest BCUT2D eigenvalue weighted by Gasteiger charge is -2.08. The highest BCUT2D eigenvalue weighted by atomic mass is 79.9. The number of hydrogen-bond donors (Lipinski definition) is 1. The van der Waals surface area contributed by atoms with Gasteiger partial charge in [-0.05, 0) is 73.5 Å². The Kier molecular flexibility index (Phi) is 5.77. The van der Waals surface area contributed by atoms with Gasteiger partial charge in [0.05, 0.1) is 28.1 Å². The van der Waals surface area contributed by atoms with Crippen molar-refractivity contribution in [3.8, 4) is 0 Å². The van der Waals surface area contributed by atoms with Crippen LogP contribution in [0.25, 0.3) is 0 Å². The molecule has 1 amide bonds. The van der Waals surface area contributed by atoms with E-state index in [1.54, 1.807) is 16.9 Å². The minimum atomic E-state index is -0.253. The van der Waals surface area contributed by atoms with Gasteiger partial charge >= 0.3 is 0 Å². The number of carbonyl (C=O) groups is 1. The molecule has 0 aliphatic heterocycles. The molecule has 31 heavy (non-hydrogen) atoms. The third-order valence-corrected chi connectivity index (χ3v) is 6.21. The number of carbonyl (C=O) groups excluding carboxylic acids is 1. The summed E-state index contributed by atoms with van der Waals surface area (Å²) < 4.78 is 6.48. The first kappa shape index (κ1) is 21.0. The lowest BCUT2D eigenvalue weighted by atomic mass is 10.2. The lowest BCUT2D eigenvalue weighted by molar-refractivity contribution is 0.102. The number of nitrogens with zero attached hydrogens (tertiary/aromatic N) is 6. The molecule has 160 valence electrons. The molecule has 1 aromatic carbocycles. The molecule has 0 saturated heterocycles. The molecule has 0 atom stereocenters. The number of halogens is 1.